The quantitative estimate of drug-likeness (QED) is 0.642. The van der Waals surface area contributed by atoms with Crippen LogP contribution in [-0.4, -0.2) is 54.5 Å². The van der Waals surface area contributed by atoms with Gasteiger partial charge in [-0.2, -0.15) is 15.4 Å². The van der Waals surface area contributed by atoms with Crippen LogP contribution in [0.15, 0.2) is 5.70 Å². The van der Waals surface area contributed by atoms with Crippen LogP contribution in [0.25, 0.3) is 5.57 Å². The summed E-state index contributed by atoms with van der Waals surface area (Å²) in [6.07, 6.45) is -0.424. The molecule has 0 bridgehead atoms. The zero-order valence-electron chi connectivity index (χ0n) is 11.0. The number of nitrogens with zero attached hydrogens (tertiary/aromatic N) is 3. The van der Waals surface area contributed by atoms with Gasteiger partial charge in [-0.05, 0) is 20.3 Å². The van der Waals surface area contributed by atoms with Crippen LogP contribution in [0, 0.1) is 12.8 Å². The molecule has 1 amide bonds. The third-order valence-corrected chi connectivity index (χ3v) is 3.94. The number of aliphatic hydroxyl groups is 1. The number of hydrogen-bond donors (Lipinski definition) is 3. The van der Waals surface area contributed by atoms with Gasteiger partial charge in [0.05, 0.1) is 23.8 Å². The molecule has 1 aromatic rings. The fraction of sp³-hybridized carbons (Fsp3) is 0.500. The number of aryl methyl sites for hydroxylation is 1. The smallest absolute Gasteiger partial charge is 0.352 e. The van der Waals surface area contributed by atoms with Gasteiger partial charge >= 0.3 is 5.97 Å². The highest BCUT2D eigenvalue weighted by molar-refractivity contribution is 6.05. The van der Waals surface area contributed by atoms with E-state index in [1.807, 2.05) is 0 Å². The zero-order chi connectivity index (χ0) is 14.6. The Balaban J connectivity index is 2.05. The highest BCUT2D eigenvalue weighted by Gasteiger charge is 2.57. The lowest BCUT2D eigenvalue weighted by atomic mass is 9.83. The number of aromatic nitrogens is 3. The summed E-state index contributed by atoms with van der Waals surface area (Å²) in [5.41, 5.74) is 1.50. The highest BCUT2D eigenvalue weighted by atomic mass is 16.4. The van der Waals surface area contributed by atoms with Crippen molar-refractivity contribution in [3.05, 3.63) is 17.1 Å². The molecular formula is C12H14N4O4. The van der Waals surface area contributed by atoms with Gasteiger partial charge in [-0.1, -0.05) is 0 Å². The van der Waals surface area contributed by atoms with Gasteiger partial charge < -0.3 is 15.1 Å². The molecule has 8 heteroatoms. The molecule has 3 heterocycles. The van der Waals surface area contributed by atoms with E-state index in [2.05, 4.69) is 15.4 Å². The van der Waals surface area contributed by atoms with Crippen molar-refractivity contribution >= 4 is 17.4 Å². The van der Waals surface area contributed by atoms with Gasteiger partial charge in [-0.3, -0.25) is 4.79 Å². The molecule has 0 radical (unpaired) electrons. The number of nitrogens with one attached hydrogen (secondary N) is 1. The number of aromatic amines is 1. The minimum absolute atomic E-state index is 0.0473. The lowest BCUT2D eigenvalue weighted by molar-refractivity contribution is -0.161. The second-order valence-corrected chi connectivity index (χ2v) is 5.14. The Hall–Kier alpha value is -2.22. The van der Waals surface area contributed by atoms with E-state index < -0.39 is 18.0 Å². The van der Waals surface area contributed by atoms with E-state index in [9.17, 15) is 19.8 Å². The first-order valence-corrected chi connectivity index (χ1v) is 6.28. The Morgan fingerprint density at radius 2 is 2.20 bits per heavy atom. The molecule has 2 aliphatic heterocycles. The van der Waals surface area contributed by atoms with Gasteiger partial charge in [0.25, 0.3) is 0 Å². The molecule has 3 N–H and O–H groups in total. The van der Waals surface area contributed by atoms with Gasteiger partial charge in [-0.25, -0.2) is 4.79 Å². The van der Waals surface area contributed by atoms with Crippen molar-refractivity contribution in [2.75, 3.05) is 0 Å². The Kier molecular flexibility index (Phi) is 2.65. The molecule has 106 valence electrons. The summed E-state index contributed by atoms with van der Waals surface area (Å²) >= 11 is 0. The first kappa shape index (κ1) is 12.8. The number of carboxylic acid groups (broad SMARTS) is 1. The molecule has 0 aromatic carbocycles. The van der Waals surface area contributed by atoms with Gasteiger partial charge in [0.15, 0.2) is 0 Å². The fourth-order valence-corrected chi connectivity index (χ4v) is 3.05. The maximum Gasteiger partial charge on any atom is 0.352 e. The topological polar surface area (TPSA) is 119 Å². The summed E-state index contributed by atoms with van der Waals surface area (Å²) in [5.74, 6) is -2.06. The minimum atomic E-state index is -1.16. The molecule has 2 aliphatic rings. The van der Waals surface area contributed by atoms with Crippen LogP contribution in [0.5, 0.6) is 0 Å². The first-order chi connectivity index (χ1) is 9.43. The number of β-lactam (4-membered cyclic amide) rings is 1. The maximum atomic E-state index is 12.0. The predicted molar refractivity (Wildman–Crippen MR) is 66.1 cm³/mol. The molecule has 0 unspecified atom stereocenters. The number of rotatable bonds is 3. The average molecular weight is 278 g/mol. The molecule has 0 saturated carbocycles. The van der Waals surface area contributed by atoms with E-state index in [0.29, 0.717) is 23.4 Å². The Morgan fingerprint density at radius 1 is 1.50 bits per heavy atom. The van der Waals surface area contributed by atoms with Crippen molar-refractivity contribution in [3.63, 3.8) is 0 Å². The van der Waals surface area contributed by atoms with Crippen molar-refractivity contribution < 1.29 is 19.8 Å². The van der Waals surface area contributed by atoms with Crippen molar-refractivity contribution in [2.45, 2.75) is 32.4 Å². The molecule has 0 aliphatic carbocycles. The van der Waals surface area contributed by atoms with Crippen LogP contribution in [0.4, 0.5) is 0 Å². The fourth-order valence-electron chi connectivity index (χ4n) is 3.05. The Bertz CT molecular complexity index is 633. The van der Waals surface area contributed by atoms with E-state index in [0.717, 1.165) is 0 Å². The number of fused-ring (bicyclic) bond motifs is 1. The zero-order valence-corrected chi connectivity index (χ0v) is 11.0. The van der Waals surface area contributed by atoms with E-state index in [-0.39, 0.29) is 17.6 Å². The number of aliphatic carboxylic acids is 1. The number of H-pyrrole nitrogens is 1. The number of aliphatic hydroxyl groups excluding tert-OH is 1. The summed E-state index contributed by atoms with van der Waals surface area (Å²) in [6, 6.07) is -0.306. The Morgan fingerprint density at radius 3 is 2.70 bits per heavy atom. The van der Waals surface area contributed by atoms with Crippen molar-refractivity contribution in [1.29, 1.82) is 0 Å². The van der Waals surface area contributed by atoms with Gasteiger partial charge in [0, 0.05) is 5.57 Å². The second kappa shape index (κ2) is 4.14. The standard InChI is InChI=1S/C12H14N4O4/c1-4-9(14-15-13-4)6-3-7-8(5(2)17)11(18)16(7)10(6)12(19)20/h5,7-8,17H,3H2,1-2H3,(H,19,20)(H,13,14,15)/t5-,7-,8-/m1/s1. The number of hydrogen-bond acceptors (Lipinski definition) is 5. The molecule has 1 fully saturated rings. The molecule has 1 aromatic heterocycles. The van der Waals surface area contributed by atoms with Gasteiger partial charge in [-0.15, -0.1) is 0 Å². The van der Waals surface area contributed by atoms with Crippen LogP contribution < -0.4 is 0 Å². The monoisotopic (exact) mass is 278 g/mol. The molecule has 1 saturated heterocycles. The molecule has 3 atom stereocenters. The minimum Gasteiger partial charge on any atom is -0.477 e. The van der Waals surface area contributed by atoms with E-state index in [4.69, 9.17) is 0 Å². The van der Waals surface area contributed by atoms with E-state index >= 15 is 0 Å². The summed E-state index contributed by atoms with van der Waals surface area (Å²) in [7, 11) is 0. The first-order valence-electron chi connectivity index (χ1n) is 6.28. The molecular weight excluding hydrogens is 264 g/mol. The Labute approximate surface area is 114 Å². The van der Waals surface area contributed by atoms with Crippen molar-refractivity contribution in [1.82, 2.24) is 20.3 Å². The van der Waals surface area contributed by atoms with Crippen molar-refractivity contribution in [2.24, 2.45) is 5.92 Å². The average Bonchev–Trinajstić information content (AvgIpc) is 2.89. The van der Waals surface area contributed by atoms with Gasteiger partial charge in [0.1, 0.15) is 11.4 Å². The molecule has 0 spiro atoms. The van der Waals surface area contributed by atoms with E-state index in [1.165, 1.54) is 4.90 Å². The van der Waals surface area contributed by atoms with Crippen LogP contribution >= 0.6 is 0 Å². The number of carboxylic acids is 1. The normalized spacial score (nSPS) is 26.6. The summed E-state index contributed by atoms with van der Waals surface area (Å²) in [4.78, 5) is 24.7. The van der Waals surface area contributed by atoms with Crippen molar-refractivity contribution in [3.8, 4) is 0 Å². The van der Waals surface area contributed by atoms with E-state index in [1.54, 1.807) is 13.8 Å². The highest BCUT2D eigenvalue weighted by Crippen LogP contribution is 2.46. The molecule has 8 nitrogen and oxygen atoms in total. The molecule has 3 rings (SSSR count). The SMILES string of the molecule is Cc1n[nH]nc1C1=C(C(=O)O)N2C(=O)[C@H]([C@@H](C)O)[C@H]2C1. The number of carbonyl (C=O) groups excluding carboxylic acids is 1. The van der Waals surface area contributed by atoms with Crippen LogP contribution in [0.3, 0.4) is 0 Å². The summed E-state index contributed by atoms with van der Waals surface area (Å²) < 4.78 is 0. The lowest BCUT2D eigenvalue weighted by Crippen LogP contribution is -2.61. The van der Waals surface area contributed by atoms with Gasteiger partial charge in [0.2, 0.25) is 5.91 Å². The third kappa shape index (κ3) is 1.51. The second-order valence-electron chi connectivity index (χ2n) is 5.14. The van der Waals surface area contributed by atoms with Crippen LogP contribution in [0.1, 0.15) is 24.7 Å². The predicted octanol–water partition coefficient (Wildman–Crippen LogP) is -0.480. The summed E-state index contributed by atoms with van der Waals surface area (Å²) in [6.45, 7) is 3.26. The maximum absolute atomic E-state index is 12.0. The largest absolute Gasteiger partial charge is 0.477 e. The number of amides is 1. The number of carbonyl (C=O) groups is 2. The van der Waals surface area contributed by atoms with Crippen LogP contribution in [-0.2, 0) is 9.59 Å². The summed E-state index contributed by atoms with van der Waals surface area (Å²) in [5, 5.41) is 29.3. The lowest BCUT2D eigenvalue weighted by Gasteiger charge is -2.44. The molecule has 20 heavy (non-hydrogen) atoms. The van der Waals surface area contributed by atoms with Crippen LogP contribution in [0.2, 0.25) is 0 Å². The third-order valence-electron chi connectivity index (χ3n) is 3.94.